The van der Waals surface area contributed by atoms with Crippen LogP contribution in [-0.4, -0.2) is 12.5 Å². The number of carbonyl (C=O) groups excluding carboxylic acids is 1. The summed E-state index contributed by atoms with van der Waals surface area (Å²) in [6, 6.07) is 18.4. The van der Waals surface area contributed by atoms with E-state index in [9.17, 15) is 10.1 Å². The fraction of sp³-hybridized carbons (Fsp3) is 0.238. The Bertz CT molecular complexity index is 757. The highest BCUT2D eigenvalue weighted by atomic mass is 16.5. The van der Waals surface area contributed by atoms with Gasteiger partial charge in [-0.3, -0.25) is 4.79 Å². The summed E-state index contributed by atoms with van der Waals surface area (Å²) in [5, 5.41) is 12.0. The number of carbonyl (C=O) groups is 1. The van der Waals surface area contributed by atoms with Crippen molar-refractivity contribution in [3.8, 4) is 11.8 Å². The van der Waals surface area contributed by atoms with Crippen LogP contribution in [0.1, 0.15) is 25.8 Å². The van der Waals surface area contributed by atoms with Gasteiger partial charge in [0.15, 0.2) is 0 Å². The van der Waals surface area contributed by atoms with Crippen LogP contribution in [0.15, 0.2) is 60.2 Å². The Morgan fingerprint density at radius 3 is 2.44 bits per heavy atom. The van der Waals surface area contributed by atoms with Crippen LogP contribution in [-0.2, 0) is 4.79 Å². The minimum Gasteiger partial charge on any atom is -0.494 e. The molecule has 0 radical (unpaired) electrons. The molecule has 2 aromatic carbocycles. The van der Waals surface area contributed by atoms with Gasteiger partial charge in [-0.05, 0) is 48.2 Å². The number of hydrogen-bond acceptors (Lipinski definition) is 3. The number of ether oxygens (including phenoxy) is 1. The minimum atomic E-state index is -0.425. The molecule has 0 saturated heterocycles. The normalized spacial score (nSPS) is 11.0. The number of nitrogens with zero attached hydrogens (tertiary/aromatic N) is 1. The van der Waals surface area contributed by atoms with Crippen molar-refractivity contribution >= 4 is 17.7 Å². The second-order valence-corrected chi connectivity index (χ2v) is 6.09. The summed E-state index contributed by atoms with van der Waals surface area (Å²) >= 11 is 0. The van der Waals surface area contributed by atoms with Gasteiger partial charge in [0, 0.05) is 5.69 Å². The molecule has 0 aliphatic heterocycles. The summed E-state index contributed by atoms with van der Waals surface area (Å²) in [5.41, 5.74) is 1.48. The van der Waals surface area contributed by atoms with E-state index in [0.717, 1.165) is 17.7 Å². The van der Waals surface area contributed by atoms with Gasteiger partial charge in [-0.25, -0.2) is 0 Å². The molecule has 128 valence electrons. The van der Waals surface area contributed by atoms with Crippen LogP contribution < -0.4 is 10.1 Å². The number of nitriles is 1. The monoisotopic (exact) mass is 334 g/mol. The van der Waals surface area contributed by atoms with Gasteiger partial charge in [0.05, 0.1) is 6.61 Å². The summed E-state index contributed by atoms with van der Waals surface area (Å²) < 4.78 is 5.66. The molecular formula is C21H22N2O2. The highest BCUT2D eigenvalue weighted by molar-refractivity contribution is 6.09. The van der Waals surface area contributed by atoms with E-state index in [-0.39, 0.29) is 5.57 Å². The van der Waals surface area contributed by atoms with E-state index in [2.05, 4.69) is 19.2 Å². The topological polar surface area (TPSA) is 62.1 Å². The summed E-state index contributed by atoms with van der Waals surface area (Å²) in [5.74, 6) is 0.958. The first-order chi connectivity index (χ1) is 12.1. The van der Waals surface area contributed by atoms with E-state index in [1.165, 1.54) is 0 Å². The van der Waals surface area contributed by atoms with Crippen LogP contribution in [0.4, 0.5) is 5.69 Å². The zero-order valence-corrected chi connectivity index (χ0v) is 14.5. The maximum atomic E-state index is 12.2. The van der Waals surface area contributed by atoms with Crippen LogP contribution in [0.5, 0.6) is 5.75 Å². The smallest absolute Gasteiger partial charge is 0.266 e. The van der Waals surface area contributed by atoms with Crippen molar-refractivity contribution in [3.63, 3.8) is 0 Å². The lowest BCUT2D eigenvalue weighted by atomic mass is 10.1. The predicted octanol–water partition coefficient (Wildman–Crippen LogP) is 4.66. The molecule has 2 rings (SSSR count). The van der Waals surface area contributed by atoms with E-state index >= 15 is 0 Å². The Morgan fingerprint density at radius 2 is 1.84 bits per heavy atom. The second kappa shape index (κ2) is 9.29. The molecule has 4 heteroatoms. The minimum absolute atomic E-state index is 0.0531. The molecule has 1 N–H and O–H groups in total. The average Bonchev–Trinajstić information content (AvgIpc) is 2.61. The van der Waals surface area contributed by atoms with Crippen LogP contribution in [0.3, 0.4) is 0 Å². The number of nitrogens with one attached hydrogen (secondary N) is 1. The zero-order chi connectivity index (χ0) is 18.1. The summed E-state index contributed by atoms with van der Waals surface area (Å²) in [6.45, 7) is 4.98. The predicted molar refractivity (Wildman–Crippen MR) is 100 cm³/mol. The van der Waals surface area contributed by atoms with Gasteiger partial charge in [0.1, 0.15) is 17.4 Å². The Kier molecular flexibility index (Phi) is 6.79. The number of benzene rings is 2. The number of amides is 1. The van der Waals surface area contributed by atoms with Crippen LogP contribution in [0.2, 0.25) is 0 Å². The van der Waals surface area contributed by atoms with Crippen molar-refractivity contribution in [2.24, 2.45) is 5.92 Å². The van der Waals surface area contributed by atoms with Crippen molar-refractivity contribution in [3.05, 3.63) is 65.7 Å². The molecule has 2 aromatic rings. The third kappa shape index (κ3) is 6.15. The molecule has 4 nitrogen and oxygen atoms in total. The molecule has 0 atom stereocenters. The fourth-order valence-electron chi connectivity index (χ4n) is 2.11. The Hall–Kier alpha value is -3.06. The van der Waals surface area contributed by atoms with Crippen molar-refractivity contribution in [1.82, 2.24) is 0 Å². The SMILES string of the molecule is CC(C)CCOc1ccc(/C=C(/C#N)C(=O)Nc2ccccc2)cc1. The van der Waals surface area contributed by atoms with Crippen molar-refractivity contribution < 1.29 is 9.53 Å². The highest BCUT2D eigenvalue weighted by Gasteiger charge is 2.09. The van der Waals surface area contributed by atoms with E-state index in [1.54, 1.807) is 18.2 Å². The Balaban J connectivity index is 2.01. The van der Waals surface area contributed by atoms with E-state index in [0.29, 0.717) is 18.2 Å². The van der Waals surface area contributed by atoms with Gasteiger partial charge in [-0.1, -0.05) is 44.2 Å². The fourth-order valence-corrected chi connectivity index (χ4v) is 2.11. The Labute approximate surface area is 148 Å². The summed E-state index contributed by atoms with van der Waals surface area (Å²) in [6.07, 6.45) is 2.57. The van der Waals surface area contributed by atoms with Gasteiger partial charge >= 0.3 is 0 Å². The standard InChI is InChI=1S/C21H22N2O2/c1-16(2)12-13-25-20-10-8-17(9-11-20)14-18(15-22)21(24)23-19-6-4-3-5-7-19/h3-11,14,16H,12-13H2,1-2H3,(H,23,24)/b18-14-. The highest BCUT2D eigenvalue weighted by Crippen LogP contribution is 2.16. The number of rotatable bonds is 7. The van der Waals surface area contributed by atoms with Gasteiger partial charge < -0.3 is 10.1 Å². The molecular weight excluding hydrogens is 312 g/mol. The molecule has 25 heavy (non-hydrogen) atoms. The molecule has 0 heterocycles. The number of anilines is 1. The first kappa shape index (κ1) is 18.3. The lowest BCUT2D eigenvalue weighted by Gasteiger charge is -2.08. The second-order valence-electron chi connectivity index (χ2n) is 6.09. The van der Waals surface area contributed by atoms with Crippen LogP contribution in [0.25, 0.3) is 6.08 Å². The number of hydrogen-bond donors (Lipinski definition) is 1. The third-order valence-electron chi connectivity index (χ3n) is 3.55. The maximum Gasteiger partial charge on any atom is 0.266 e. The lowest BCUT2D eigenvalue weighted by Crippen LogP contribution is -2.13. The third-order valence-corrected chi connectivity index (χ3v) is 3.55. The van der Waals surface area contributed by atoms with Crippen molar-refractivity contribution in [1.29, 1.82) is 5.26 Å². The number of para-hydroxylation sites is 1. The molecule has 0 fully saturated rings. The van der Waals surface area contributed by atoms with Crippen LogP contribution in [0, 0.1) is 17.2 Å². The largest absolute Gasteiger partial charge is 0.494 e. The lowest BCUT2D eigenvalue weighted by molar-refractivity contribution is -0.112. The van der Waals surface area contributed by atoms with Crippen molar-refractivity contribution in [2.45, 2.75) is 20.3 Å². The quantitative estimate of drug-likeness (QED) is 0.592. The molecule has 0 aliphatic rings. The average molecular weight is 334 g/mol. The first-order valence-corrected chi connectivity index (χ1v) is 8.29. The van der Waals surface area contributed by atoms with Gasteiger partial charge in [-0.2, -0.15) is 5.26 Å². The first-order valence-electron chi connectivity index (χ1n) is 8.29. The Morgan fingerprint density at radius 1 is 1.16 bits per heavy atom. The molecule has 0 spiro atoms. The molecule has 1 amide bonds. The van der Waals surface area contributed by atoms with E-state index < -0.39 is 5.91 Å². The van der Waals surface area contributed by atoms with Gasteiger partial charge in [-0.15, -0.1) is 0 Å². The van der Waals surface area contributed by atoms with Gasteiger partial charge in [0.2, 0.25) is 0 Å². The van der Waals surface area contributed by atoms with Gasteiger partial charge in [0.25, 0.3) is 5.91 Å². The molecule has 0 saturated carbocycles. The molecule has 0 aliphatic carbocycles. The van der Waals surface area contributed by atoms with Crippen LogP contribution >= 0.6 is 0 Å². The molecule has 0 aromatic heterocycles. The van der Waals surface area contributed by atoms with Crippen molar-refractivity contribution in [2.75, 3.05) is 11.9 Å². The molecule has 0 bridgehead atoms. The maximum absolute atomic E-state index is 12.2. The summed E-state index contributed by atoms with van der Waals surface area (Å²) in [7, 11) is 0. The molecule has 0 unspecified atom stereocenters. The summed E-state index contributed by atoms with van der Waals surface area (Å²) in [4.78, 5) is 12.2. The zero-order valence-electron chi connectivity index (χ0n) is 14.5. The van der Waals surface area contributed by atoms with E-state index in [4.69, 9.17) is 4.74 Å². The van der Waals surface area contributed by atoms with E-state index in [1.807, 2.05) is 48.5 Å².